The van der Waals surface area contributed by atoms with Gasteiger partial charge in [0.05, 0.1) is 18.6 Å². The van der Waals surface area contributed by atoms with Crippen molar-refractivity contribution in [3.05, 3.63) is 30.3 Å². The van der Waals surface area contributed by atoms with Crippen molar-refractivity contribution in [2.45, 2.75) is 12.5 Å². The minimum Gasteiger partial charge on any atom is -0.396 e. The smallest absolute Gasteiger partial charge is 0.232 e. The zero-order valence-electron chi connectivity index (χ0n) is 10.4. The van der Waals surface area contributed by atoms with E-state index in [0.29, 0.717) is 5.69 Å². The fourth-order valence-corrected chi connectivity index (χ4v) is 1.77. The minimum absolute atomic E-state index is 0.123. The van der Waals surface area contributed by atoms with Crippen molar-refractivity contribution in [2.75, 3.05) is 25.2 Å². The third-order valence-electron chi connectivity index (χ3n) is 2.88. The van der Waals surface area contributed by atoms with Gasteiger partial charge in [0.25, 0.3) is 0 Å². The van der Waals surface area contributed by atoms with Crippen LogP contribution in [0.15, 0.2) is 30.3 Å². The molecule has 1 aromatic rings. The van der Waals surface area contributed by atoms with Crippen molar-refractivity contribution in [3.63, 3.8) is 0 Å². The number of carbonyl (C=O) groups is 1. The van der Waals surface area contributed by atoms with E-state index in [-0.39, 0.29) is 18.9 Å². The summed E-state index contributed by atoms with van der Waals surface area (Å²) in [7, 11) is 1.60. The summed E-state index contributed by atoms with van der Waals surface area (Å²) in [6.45, 7) is -0.713. The van der Waals surface area contributed by atoms with E-state index in [1.165, 1.54) is 4.90 Å². The second-order valence-corrected chi connectivity index (χ2v) is 4.10. The van der Waals surface area contributed by atoms with Gasteiger partial charge >= 0.3 is 0 Å². The largest absolute Gasteiger partial charge is 0.396 e. The molecule has 0 fully saturated rings. The molecule has 0 saturated carbocycles. The van der Waals surface area contributed by atoms with E-state index < -0.39 is 18.6 Å². The monoisotopic (exact) mass is 253 g/mol. The van der Waals surface area contributed by atoms with Crippen LogP contribution < -0.4 is 4.90 Å². The number of carbonyl (C=O) groups excluding carboxylic acids is 1. The van der Waals surface area contributed by atoms with Crippen molar-refractivity contribution < 1.29 is 20.1 Å². The number of amides is 1. The maximum absolute atomic E-state index is 12.2. The van der Waals surface area contributed by atoms with Crippen molar-refractivity contribution in [3.8, 4) is 0 Å². The number of nitrogens with zero attached hydrogens (tertiary/aromatic N) is 1. The second kappa shape index (κ2) is 7.10. The normalized spacial score (nSPS) is 14.0. The van der Waals surface area contributed by atoms with Gasteiger partial charge in [-0.15, -0.1) is 0 Å². The molecule has 0 spiro atoms. The third-order valence-corrected chi connectivity index (χ3v) is 2.88. The van der Waals surface area contributed by atoms with E-state index in [4.69, 9.17) is 10.2 Å². The van der Waals surface area contributed by atoms with E-state index >= 15 is 0 Å². The number of hydrogen-bond acceptors (Lipinski definition) is 4. The van der Waals surface area contributed by atoms with Crippen molar-refractivity contribution in [2.24, 2.45) is 5.92 Å². The molecule has 5 nitrogen and oxygen atoms in total. The number of benzene rings is 1. The van der Waals surface area contributed by atoms with Crippen LogP contribution in [0.2, 0.25) is 0 Å². The molecule has 0 aliphatic rings. The van der Waals surface area contributed by atoms with E-state index in [0.717, 1.165) is 0 Å². The van der Waals surface area contributed by atoms with Gasteiger partial charge in [0.15, 0.2) is 0 Å². The molecule has 1 rings (SSSR count). The molecule has 3 N–H and O–H groups in total. The Balaban J connectivity index is 2.83. The fraction of sp³-hybridized carbons (Fsp3) is 0.462. The third kappa shape index (κ3) is 3.53. The molecule has 100 valence electrons. The molecule has 0 radical (unpaired) electrons. The second-order valence-electron chi connectivity index (χ2n) is 4.10. The lowest BCUT2D eigenvalue weighted by molar-refractivity contribution is -0.127. The first-order valence-corrected chi connectivity index (χ1v) is 5.84. The number of hydrogen-bond donors (Lipinski definition) is 3. The van der Waals surface area contributed by atoms with Gasteiger partial charge in [-0.05, 0) is 18.6 Å². The molecule has 2 atom stereocenters. The molecule has 0 heterocycles. The molecule has 0 aliphatic carbocycles. The van der Waals surface area contributed by atoms with Crippen LogP contribution in [0.25, 0.3) is 0 Å². The first-order chi connectivity index (χ1) is 8.61. The highest BCUT2D eigenvalue weighted by molar-refractivity contribution is 5.94. The Bertz CT molecular complexity index is 369. The van der Waals surface area contributed by atoms with E-state index in [9.17, 15) is 9.90 Å². The number of para-hydroxylation sites is 1. The zero-order chi connectivity index (χ0) is 13.5. The number of anilines is 1. The van der Waals surface area contributed by atoms with E-state index in [1.807, 2.05) is 18.2 Å². The quantitative estimate of drug-likeness (QED) is 0.666. The highest BCUT2D eigenvalue weighted by Crippen LogP contribution is 2.18. The van der Waals surface area contributed by atoms with Gasteiger partial charge in [0.2, 0.25) is 5.91 Å². The average Bonchev–Trinajstić information content (AvgIpc) is 2.43. The number of rotatable bonds is 6. The number of aliphatic hydroxyl groups excluding tert-OH is 3. The first-order valence-electron chi connectivity index (χ1n) is 5.84. The van der Waals surface area contributed by atoms with Gasteiger partial charge in [-0.2, -0.15) is 0 Å². The molecular formula is C13H19NO4. The fourth-order valence-electron chi connectivity index (χ4n) is 1.77. The van der Waals surface area contributed by atoms with Gasteiger partial charge in [-0.3, -0.25) is 4.79 Å². The maximum atomic E-state index is 12.2. The van der Waals surface area contributed by atoms with E-state index in [2.05, 4.69) is 0 Å². The molecule has 18 heavy (non-hydrogen) atoms. The molecule has 5 heteroatoms. The Labute approximate surface area is 106 Å². The summed E-state index contributed by atoms with van der Waals surface area (Å²) >= 11 is 0. The Hall–Kier alpha value is -1.43. The predicted molar refractivity (Wildman–Crippen MR) is 68.1 cm³/mol. The van der Waals surface area contributed by atoms with Crippen molar-refractivity contribution in [1.82, 2.24) is 0 Å². The first kappa shape index (κ1) is 14.6. The van der Waals surface area contributed by atoms with Crippen LogP contribution in [-0.2, 0) is 4.79 Å². The standard InChI is InChI=1S/C13H19NO4/c1-14(10-5-3-2-4-6-10)13(18)11(7-8-15)12(17)9-16/h2-6,11-12,15-17H,7-9H2,1H3/t11-,12-/m0/s1. The van der Waals surface area contributed by atoms with Gasteiger partial charge < -0.3 is 20.2 Å². The Kier molecular flexibility index (Phi) is 5.77. The molecule has 0 bridgehead atoms. The summed E-state index contributed by atoms with van der Waals surface area (Å²) in [6.07, 6.45) is -1.03. The molecule has 0 unspecified atom stereocenters. The van der Waals surface area contributed by atoms with Crippen LogP contribution >= 0.6 is 0 Å². The molecule has 1 aromatic carbocycles. The predicted octanol–water partition coefficient (Wildman–Crippen LogP) is 0.00120. The lowest BCUT2D eigenvalue weighted by Crippen LogP contribution is -2.41. The summed E-state index contributed by atoms with van der Waals surface area (Å²) < 4.78 is 0. The summed E-state index contributed by atoms with van der Waals surface area (Å²) in [5.41, 5.74) is 0.704. The lowest BCUT2D eigenvalue weighted by atomic mass is 9.97. The maximum Gasteiger partial charge on any atom is 0.232 e. The Morgan fingerprint density at radius 2 is 1.89 bits per heavy atom. The summed E-state index contributed by atoms with van der Waals surface area (Å²) in [5.74, 6) is -1.12. The average molecular weight is 253 g/mol. The minimum atomic E-state index is -1.16. The summed E-state index contributed by atoms with van der Waals surface area (Å²) in [5, 5.41) is 27.5. The summed E-state index contributed by atoms with van der Waals surface area (Å²) in [4.78, 5) is 13.6. The Morgan fingerprint density at radius 3 is 2.39 bits per heavy atom. The Morgan fingerprint density at radius 1 is 1.28 bits per heavy atom. The van der Waals surface area contributed by atoms with Gasteiger partial charge in [-0.1, -0.05) is 18.2 Å². The van der Waals surface area contributed by atoms with Gasteiger partial charge in [0.1, 0.15) is 0 Å². The topological polar surface area (TPSA) is 81.0 Å². The number of aliphatic hydroxyl groups is 3. The van der Waals surface area contributed by atoms with Gasteiger partial charge in [-0.25, -0.2) is 0 Å². The van der Waals surface area contributed by atoms with Crippen LogP contribution in [0.4, 0.5) is 5.69 Å². The van der Waals surface area contributed by atoms with Crippen molar-refractivity contribution >= 4 is 11.6 Å². The van der Waals surface area contributed by atoms with Crippen LogP contribution in [0, 0.1) is 5.92 Å². The lowest BCUT2D eigenvalue weighted by Gasteiger charge is -2.26. The summed E-state index contributed by atoms with van der Waals surface area (Å²) in [6, 6.07) is 9.01. The molecule has 1 amide bonds. The highest BCUT2D eigenvalue weighted by Gasteiger charge is 2.28. The molecule has 0 saturated heterocycles. The zero-order valence-corrected chi connectivity index (χ0v) is 10.4. The molecular weight excluding hydrogens is 234 g/mol. The van der Waals surface area contributed by atoms with Crippen LogP contribution in [0.1, 0.15) is 6.42 Å². The molecule has 0 aromatic heterocycles. The van der Waals surface area contributed by atoms with Crippen LogP contribution in [-0.4, -0.2) is 47.6 Å². The SMILES string of the molecule is CN(C(=O)[C@@H](CCO)[C@@H](O)CO)c1ccccc1. The van der Waals surface area contributed by atoms with E-state index in [1.54, 1.807) is 19.2 Å². The van der Waals surface area contributed by atoms with Crippen molar-refractivity contribution in [1.29, 1.82) is 0 Å². The molecule has 0 aliphatic heterocycles. The van der Waals surface area contributed by atoms with Crippen LogP contribution in [0.5, 0.6) is 0 Å². The van der Waals surface area contributed by atoms with Crippen LogP contribution in [0.3, 0.4) is 0 Å². The van der Waals surface area contributed by atoms with Gasteiger partial charge in [0, 0.05) is 19.3 Å². The highest BCUT2D eigenvalue weighted by atomic mass is 16.3.